The van der Waals surface area contributed by atoms with Crippen LogP contribution in [0.15, 0.2) is 16.6 Å². The normalized spacial score (nSPS) is 25.2. The van der Waals surface area contributed by atoms with Crippen molar-refractivity contribution in [1.82, 2.24) is 4.90 Å². The van der Waals surface area contributed by atoms with Gasteiger partial charge in [0.2, 0.25) is 0 Å². The first-order valence-corrected chi connectivity index (χ1v) is 3.56. The Morgan fingerprint density at radius 3 is 2.70 bits per heavy atom. The Hall–Kier alpha value is -0.630. The minimum Gasteiger partial charge on any atom is -0.288 e. The quantitative estimate of drug-likeness (QED) is 0.533. The van der Waals surface area contributed by atoms with E-state index in [4.69, 9.17) is 0 Å². The molecule has 0 spiro atoms. The van der Waals surface area contributed by atoms with Crippen LogP contribution >= 0.6 is 0 Å². The zero-order chi connectivity index (χ0) is 7.56. The van der Waals surface area contributed by atoms with Crippen molar-refractivity contribution in [1.29, 1.82) is 0 Å². The molecule has 0 amide bonds. The van der Waals surface area contributed by atoms with E-state index in [0.29, 0.717) is 6.17 Å². The number of hydrogen-bond donors (Lipinski definition) is 0. The standard InChI is InChI=1S/C8H14N2/c1-7-4-5-8(9-6-7)10(2)3/h4,6,8H,5H2,1-3H3. The number of dihydropyridines is 1. The first-order valence-electron chi connectivity index (χ1n) is 3.56. The molecular weight excluding hydrogens is 124 g/mol. The van der Waals surface area contributed by atoms with Crippen LogP contribution in [-0.4, -0.2) is 31.4 Å². The van der Waals surface area contributed by atoms with Crippen LogP contribution in [0.5, 0.6) is 0 Å². The molecule has 0 aromatic heterocycles. The topological polar surface area (TPSA) is 15.6 Å². The number of nitrogens with zero attached hydrogens (tertiary/aromatic N) is 2. The van der Waals surface area contributed by atoms with E-state index in [1.165, 1.54) is 5.57 Å². The van der Waals surface area contributed by atoms with Crippen LogP contribution in [0.4, 0.5) is 0 Å². The fourth-order valence-corrected chi connectivity index (χ4v) is 0.953. The molecule has 0 aromatic rings. The van der Waals surface area contributed by atoms with Gasteiger partial charge < -0.3 is 0 Å². The number of rotatable bonds is 1. The van der Waals surface area contributed by atoms with Gasteiger partial charge in [0.05, 0.1) is 0 Å². The number of allylic oxidation sites excluding steroid dienone is 1. The number of hydrogen-bond acceptors (Lipinski definition) is 2. The van der Waals surface area contributed by atoms with Gasteiger partial charge in [-0.15, -0.1) is 0 Å². The second-order valence-electron chi connectivity index (χ2n) is 2.91. The summed E-state index contributed by atoms with van der Waals surface area (Å²) in [4.78, 5) is 6.47. The highest BCUT2D eigenvalue weighted by Crippen LogP contribution is 2.09. The maximum atomic E-state index is 4.34. The van der Waals surface area contributed by atoms with Crippen LogP contribution in [0.1, 0.15) is 13.3 Å². The summed E-state index contributed by atoms with van der Waals surface area (Å²) >= 11 is 0. The molecule has 2 heteroatoms. The van der Waals surface area contributed by atoms with E-state index in [1.54, 1.807) is 0 Å². The predicted molar refractivity (Wildman–Crippen MR) is 44.3 cm³/mol. The summed E-state index contributed by atoms with van der Waals surface area (Å²) in [5.41, 5.74) is 1.28. The van der Waals surface area contributed by atoms with Crippen LogP contribution in [0, 0.1) is 0 Å². The average molecular weight is 138 g/mol. The van der Waals surface area contributed by atoms with Gasteiger partial charge in [0.15, 0.2) is 0 Å². The Balaban J connectivity index is 2.52. The summed E-state index contributed by atoms with van der Waals surface area (Å²) in [5, 5.41) is 0. The van der Waals surface area contributed by atoms with E-state index < -0.39 is 0 Å². The second-order valence-corrected chi connectivity index (χ2v) is 2.91. The van der Waals surface area contributed by atoms with Gasteiger partial charge in [-0.25, -0.2) is 0 Å². The van der Waals surface area contributed by atoms with E-state index in [1.807, 2.05) is 6.21 Å². The fourth-order valence-electron chi connectivity index (χ4n) is 0.953. The number of aliphatic imine (C=N–C) groups is 1. The van der Waals surface area contributed by atoms with Crippen LogP contribution in [0.25, 0.3) is 0 Å². The molecule has 0 N–H and O–H groups in total. The Morgan fingerprint density at radius 1 is 1.60 bits per heavy atom. The molecule has 0 aromatic carbocycles. The molecule has 56 valence electrons. The third kappa shape index (κ3) is 1.67. The van der Waals surface area contributed by atoms with Crippen molar-refractivity contribution in [3.8, 4) is 0 Å². The molecule has 2 nitrogen and oxygen atoms in total. The van der Waals surface area contributed by atoms with Gasteiger partial charge in [-0.2, -0.15) is 0 Å². The Kier molecular flexibility index (Phi) is 2.22. The smallest absolute Gasteiger partial charge is 0.105 e. The van der Waals surface area contributed by atoms with Crippen molar-refractivity contribution in [2.45, 2.75) is 19.5 Å². The maximum Gasteiger partial charge on any atom is 0.105 e. The lowest BCUT2D eigenvalue weighted by Gasteiger charge is -2.20. The molecule has 10 heavy (non-hydrogen) atoms. The molecule has 0 saturated carbocycles. The van der Waals surface area contributed by atoms with Gasteiger partial charge in [0.25, 0.3) is 0 Å². The van der Waals surface area contributed by atoms with Crippen molar-refractivity contribution in [3.63, 3.8) is 0 Å². The van der Waals surface area contributed by atoms with Crippen LogP contribution in [0.2, 0.25) is 0 Å². The minimum absolute atomic E-state index is 0.365. The van der Waals surface area contributed by atoms with Crippen molar-refractivity contribution in [3.05, 3.63) is 11.6 Å². The molecule has 0 saturated heterocycles. The largest absolute Gasteiger partial charge is 0.288 e. The summed E-state index contributed by atoms with van der Waals surface area (Å²) < 4.78 is 0. The van der Waals surface area contributed by atoms with Crippen LogP contribution < -0.4 is 0 Å². The van der Waals surface area contributed by atoms with Gasteiger partial charge in [-0.05, 0) is 26.6 Å². The van der Waals surface area contributed by atoms with Crippen molar-refractivity contribution in [2.75, 3.05) is 14.1 Å². The van der Waals surface area contributed by atoms with Gasteiger partial charge in [0.1, 0.15) is 6.17 Å². The zero-order valence-corrected chi connectivity index (χ0v) is 6.83. The third-order valence-electron chi connectivity index (χ3n) is 1.70. The molecule has 0 radical (unpaired) electrons. The molecule has 0 fully saturated rings. The lowest BCUT2D eigenvalue weighted by molar-refractivity contribution is 0.304. The lowest BCUT2D eigenvalue weighted by Crippen LogP contribution is -2.26. The van der Waals surface area contributed by atoms with E-state index in [0.717, 1.165) is 6.42 Å². The summed E-state index contributed by atoms with van der Waals surface area (Å²) in [7, 11) is 4.10. The van der Waals surface area contributed by atoms with Crippen molar-refractivity contribution < 1.29 is 0 Å². The van der Waals surface area contributed by atoms with Crippen LogP contribution in [-0.2, 0) is 0 Å². The highest BCUT2D eigenvalue weighted by Gasteiger charge is 2.08. The first kappa shape index (κ1) is 7.48. The fraction of sp³-hybridized carbons (Fsp3) is 0.625. The van der Waals surface area contributed by atoms with E-state index in [9.17, 15) is 0 Å². The Bertz CT molecular complexity index is 168. The van der Waals surface area contributed by atoms with E-state index >= 15 is 0 Å². The SMILES string of the molecule is CC1=CCC(N(C)C)N=C1. The summed E-state index contributed by atoms with van der Waals surface area (Å²) in [6.07, 6.45) is 5.57. The molecule has 1 rings (SSSR count). The molecule has 1 aliphatic rings. The van der Waals surface area contributed by atoms with Gasteiger partial charge in [-0.1, -0.05) is 6.08 Å². The zero-order valence-electron chi connectivity index (χ0n) is 6.83. The summed E-state index contributed by atoms with van der Waals surface area (Å²) in [6, 6.07) is 0. The van der Waals surface area contributed by atoms with Crippen LogP contribution in [0.3, 0.4) is 0 Å². The minimum atomic E-state index is 0.365. The predicted octanol–water partition coefficient (Wildman–Crippen LogP) is 1.29. The maximum absolute atomic E-state index is 4.34. The molecule has 1 atom stereocenters. The molecule has 1 heterocycles. The molecule has 1 aliphatic heterocycles. The highest BCUT2D eigenvalue weighted by atomic mass is 15.2. The second kappa shape index (κ2) is 2.97. The molecule has 0 aliphatic carbocycles. The summed E-state index contributed by atoms with van der Waals surface area (Å²) in [5.74, 6) is 0. The molecular formula is C8H14N2. The van der Waals surface area contributed by atoms with Gasteiger partial charge in [0, 0.05) is 12.6 Å². The van der Waals surface area contributed by atoms with E-state index in [-0.39, 0.29) is 0 Å². The molecule has 0 bridgehead atoms. The lowest BCUT2D eigenvalue weighted by atomic mass is 10.2. The van der Waals surface area contributed by atoms with Gasteiger partial charge in [-0.3, -0.25) is 9.89 Å². The summed E-state index contributed by atoms with van der Waals surface area (Å²) in [6.45, 7) is 2.08. The average Bonchev–Trinajstić information content (AvgIpc) is 1.88. The first-order chi connectivity index (χ1) is 4.70. The highest BCUT2D eigenvalue weighted by molar-refractivity contribution is 5.78. The monoisotopic (exact) mass is 138 g/mol. The van der Waals surface area contributed by atoms with Crippen molar-refractivity contribution >= 4 is 6.21 Å². The van der Waals surface area contributed by atoms with E-state index in [2.05, 4.69) is 37.0 Å². The Morgan fingerprint density at radius 2 is 2.30 bits per heavy atom. The van der Waals surface area contributed by atoms with Crippen molar-refractivity contribution in [2.24, 2.45) is 4.99 Å². The molecule has 1 unspecified atom stereocenters. The Labute approximate surface area is 62.3 Å². The van der Waals surface area contributed by atoms with Gasteiger partial charge >= 0.3 is 0 Å². The third-order valence-corrected chi connectivity index (χ3v) is 1.70.